The van der Waals surface area contributed by atoms with E-state index in [1.165, 1.54) is 6.08 Å². The fourth-order valence-electron chi connectivity index (χ4n) is 4.62. The maximum Gasteiger partial charge on any atom is 0.272 e. The molecule has 218 valence electrons. The number of hydrogen-bond acceptors (Lipinski definition) is 5. The van der Waals surface area contributed by atoms with Crippen LogP contribution in [0.15, 0.2) is 127 Å². The highest BCUT2D eigenvalue weighted by Crippen LogP contribution is 2.28. The number of ether oxygens (including phenoxy) is 2. The van der Waals surface area contributed by atoms with Gasteiger partial charge in [-0.3, -0.25) is 14.4 Å². The van der Waals surface area contributed by atoms with Gasteiger partial charge in [0.2, 0.25) is 0 Å². The lowest BCUT2D eigenvalue weighted by Gasteiger charge is -2.12. The van der Waals surface area contributed by atoms with Gasteiger partial charge in [-0.2, -0.15) is 0 Å². The first kappa shape index (κ1) is 29.5. The highest BCUT2D eigenvalue weighted by Gasteiger charge is 2.16. The van der Waals surface area contributed by atoms with Crippen LogP contribution in [0.25, 0.3) is 22.9 Å². The number of fused-ring (bicyclic) bond motifs is 1. The lowest BCUT2D eigenvalue weighted by Crippen LogP contribution is -2.30. The van der Waals surface area contributed by atoms with E-state index in [4.69, 9.17) is 9.47 Å². The van der Waals surface area contributed by atoms with Gasteiger partial charge >= 0.3 is 0 Å². The van der Waals surface area contributed by atoms with E-state index >= 15 is 0 Å². The van der Waals surface area contributed by atoms with Gasteiger partial charge in [0.05, 0.1) is 14.2 Å². The molecule has 2 amide bonds. The number of amides is 2. The van der Waals surface area contributed by atoms with Crippen LogP contribution in [0.1, 0.15) is 31.8 Å². The second kappa shape index (κ2) is 13.8. The van der Waals surface area contributed by atoms with E-state index in [-0.39, 0.29) is 11.5 Å². The molecular weight excluding hydrogens is 552 g/mol. The topological polar surface area (TPSA) is 93.7 Å². The molecule has 0 unspecified atom stereocenters. The van der Waals surface area contributed by atoms with E-state index in [9.17, 15) is 14.4 Å². The molecular formula is C37H30N2O5. The molecule has 0 aromatic heterocycles. The molecule has 0 saturated carbocycles. The number of rotatable bonds is 10. The Hall–Kier alpha value is -5.95. The predicted molar refractivity (Wildman–Crippen MR) is 174 cm³/mol. The Morgan fingerprint density at radius 3 is 2.14 bits per heavy atom. The van der Waals surface area contributed by atoms with Gasteiger partial charge in [-0.05, 0) is 82.6 Å². The summed E-state index contributed by atoms with van der Waals surface area (Å²) >= 11 is 0. The van der Waals surface area contributed by atoms with Gasteiger partial charge in [0.25, 0.3) is 11.8 Å². The van der Waals surface area contributed by atoms with Crippen molar-refractivity contribution < 1.29 is 23.9 Å². The molecule has 0 bridgehead atoms. The fourth-order valence-corrected chi connectivity index (χ4v) is 4.62. The molecule has 0 aliphatic rings. The molecule has 44 heavy (non-hydrogen) atoms. The lowest BCUT2D eigenvalue weighted by molar-refractivity contribution is -0.113. The molecule has 0 radical (unpaired) electrons. The zero-order valence-electron chi connectivity index (χ0n) is 24.2. The average Bonchev–Trinajstić information content (AvgIpc) is 3.07. The maximum absolute atomic E-state index is 13.5. The highest BCUT2D eigenvalue weighted by atomic mass is 16.5. The third kappa shape index (κ3) is 7.09. The van der Waals surface area contributed by atoms with Crippen molar-refractivity contribution in [1.29, 1.82) is 0 Å². The van der Waals surface area contributed by atoms with E-state index in [1.807, 2.05) is 54.6 Å². The molecule has 0 heterocycles. The number of hydrogen-bond donors (Lipinski definition) is 2. The Kier molecular flexibility index (Phi) is 9.27. The van der Waals surface area contributed by atoms with Crippen molar-refractivity contribution >= 4 is 46.2 Å². The van der Waals surface area contributed by atoms with Crippen molar-refractivity contribution in [3.05, 3.63) is 149 Å². The second-order valence-corrected chi connectivity index (χ2v) is 9.79. The second-order valence-electron chi connectivity index (χ2n) is 9.79. The summed E-state index contributed by atoms with van der Waals surface area (Å²) in [5, 5.41) is 7.56. The van der Waals surface area contributed by atoms with Gasteiger partial charge in [0.15, 0.2) is 17.3 Å². The van der Waals surface area contributed by atoms with Crippen LogP contribution in [0.2, 0.25) is 0 Å². The zero-order chi connectivity index (χ0) is 30.9. The third-order valence-corrected chi connectivity index (χ3v) is 6.91. The van der Waals surface area contributed by atoms with Gasteiger partial charge in [0.1, 0.15) is 5.70 Å². The average molecular weight is 583 g/mol. The number of nitrogens with one attached hydrogen (secondary N) is 2. The van der Waals surface area contributed by atoms with E-state index in [1.54, 1.807) is 87.0 Å². The Bertz CT molecular complexity index is 1870. The summed E-state index contributed by atoms with van der Waals surface area (Å²) < 4.78 is 10.6. The van der Waals surface area contributed by atoms with Crippen molar-refractivity contribution in [3.8, 4) is 11.5 Å². The van der Waals surface area contributed by atoms with Crippen molar-refractivity contribution in [2.45, 2.75) is 0 Å². The van der Waals surface area contributed by atoms with Crippen LogP contribution in [0.4, 0.5) is 5.69 Å². The van der Waals surface area contributed by atoms with Gasteiger partial charge in [-0.25, -0.2) is 0 Å². The third-order valence-electron chi connectivity index (χ3n) is 6.91. The SMILES string of the molecule is COc1ccc(/C=C/C(=O)c2ccc(NC(=O)/C(=C/c3cccc4ccccc34)NC(=O)c3ccccc3)cc2)cc1OC. The van der Waals surface area contributed by atoms with Crippen molar-refractivity contribution in [2.24, 2.45) is 0 Å². The molecule has 2 N–H and O–H groups in total. The normalized spacial score (nSPS) is 11.3. The standard InChI is InChI=1S/C37H30N2O5/c1-43-34-22-16-25(23-35(34)44-2)15-21-33(40)27-17-19-30(20-18-27)38-37(42)32(39-36(41)28-10-4-3-5-11-28)24-29-13-8-12-26-9-6-7-14-31(26)29/h3-24H,1-2H3,(H,38,42)(H,39,41)/b21-15+,32-24-. The van der Waals surface area contributed by atoms with E-state index < -0.39 is 11.8 Å². The predicted octanol–water partition coefficient (Wildman–Crippen LogP) is 7.16. The Labute approximate surface area is 255 Å². The van der Waals surface area contributed by atoms with Crippen LogP contribution in [-0.4, -0.2) is 31.8 Å². The summed E-state index contributed by atoms with van der Waals surface area (Å²) in [5.74, 6) is 0.0489. The molecule has 7 nitrogen and oxygen atoms in total. The van der Waals surface area contributed by atoms with Crippen LogP contribution in [0.5, 0.6) is 11.5 Å². The minimum absolute atomic E-state index is 0.0770. The van der Waals surface area contributed by atoms with Crippen LogP contribution in [0, 0.1) is 0 Å². The molecule has 0 saturated heterocycles. The van der Waals surface area contributed by atoms with Gasteiger partial charge in [-0.1, -0.05) is 72.8 Å². The maximum atomic E-state index is 13.5. The van der Waals surface area contributed by atoms with Crippen LogP contribution >= 0.6 is 0 Å². The van der Waals surface area contributed by atoms with Crippen molar-refractivity contribution in [3.63, 3.8) is 0 Å². The minimum Gasteiger partial charge on any atom is -0.493 e. The molecule has 0 fully saturated rings. The highest BCUT2D eigenvalue weighted by molar-refractivity contribution is 6.12. The van der Waals surface area contributed by atoms with Gasteiger partial charge in [0, 0.05) is 16.8 Å². The van der Waals surface area contributed by atoms with Crippen molar-refractivity contribution in [1.82, 2.24) is 5.32 Å². The number of methoxy groups -OCH3 is 2. The van der Waals surface area contributed by atoms with Crippen LogP contribution < -0.4 is 20.1 Å². The molecule has 0 aliphatic heterocycles. The monoisotopic (exact) mass is 582 g/mol. The molecule has 0 spiro atoms. The number of benzene rings is 5. The van der Waals surface area contributed by atoms with Crippen LogP contribution in [-0.2, 0) is 4.79 Å². The summed E-state index contributed by atoms with van der Waals surface area (Å²) in [4.78, 5) is 39.3. The summed E-state index contributed by atoms with van der Waals surface area (Å²) in [6.45, 7) is 0. The summed E-state index contributed by atoms with van der Waals surface area (Å²) in [6, 6.07) is 34.2. The van der Waals surface area contributed by atoms with E-state index in [0.717, 1.165) is 21.9 Å². The molecule has 5 aromatic rings. The van der Waals surface area contributed by atoms with E-state index in [2.05, 4.69) is 10.6 Å². The summed E-state index contributed by atoms with van der Waals surface area (Å²) in [6.07, 6.45) is 4.83. The Morgan fingerprint density at radius 2 is 1.39 bits per heavy atom. The molecule has 0 atom stereocenters. The van der Waals surface area contributed by atoms with E-state index in [0.29, 0.717) is 28.3 Å². The van der Waals surface area contributed by atoms with Crippen LogP contribution in [0.3, 0.4) is 0 Å². The molecule has 7 heteroatoms. The summed E-state index contributed by atoms with van der Waals surface area (Å²) in [5.41, 5.74) is 2.98. The first-order chi connectivity index (χ1) is 21.4. The summed E-state index contributed by atoms with van der Waals surface area (Å²) in [7, 11) is 3.11. The number of anilines is 1. The minimum atomic E-state index is -0.505. The molecule has 0 aliphatic carbocycles. The number of carbonyl (C=O) groups excluding carboxylic acids is 3. The molecule has 5 aromatic carbocycles. The largest absolute Gasteiger partial charge is 0.493 e. The Balaban J connectivity index is 1.35. The first-order valence-corrected chi connectivity index (χ1v) is 13.9. The zero-order valence-corrected chi connectivity index (χ0v) is 24.2. The van der Waals surface area contributed by atoms with Crippen molar-refractivity contribution in [2.75, 3.05) is 19.5 Å². The first-order valence-electron chi connectivity index (χ1n) is 13.9. The number of allylic oxidation sites excluding steroid dienone is 1. The number of ketones is 1. The lowest BCUT2D eigenvalue weighted by atomic mass is 10.0. The fraction of sp³-hybridized carbons (Fsp3) is 0.0541. The molecule has 5 rings (SSSR count). The quantitative estimate of drug-likeness (QED) is 0.135. The number of carbonyl (C=O) groups is 3. The Morgan fingerprint density at radius 1 is 0.682 bits per heavy atom. The smallest absolute Gasteiger partial charge is 0.272 e. The van der Waals surface area contributed by atoms with Gasteiger partial charge in [-0.15, -0.1) is 0 Å². The van der Waals surface area contributed by atoms with Gasteiger partial charge < -0.3 is 20.1 Å².